The Bertz CT molecular complexity index is 1180. The van der Waals surface area contributed by atoms with Crippen LogP contribution in [-0.4, -0.2) is 86.5 Å². The second-order valence-corrected chi connectivity index (χ2v) is 11.2. The highest BCUT2D eigenvalue weighted by atomic mass is 16.5. The van der Waals surface area contributed by atoms with Crippen molar-refractivity contribution in [1.82, 2.24) is 24.4 Å². The number of carbonyl (C=O) groups excluding carboxylic acids is 1. The molecule has 12 nitrogen and oxygen atoms in total. The van der Waals surface area contributed by atoms with E-state index in [1.165, 1.54) is 25.7 Å². The number of aliphatic hydroxyl groups is 2. The number of nitrogens with zero attached hydrogens (tertiary/aromatic N) is 5. The molecule has 3 rings (SSSR count). The van der Waals surface area contributed by atoms with Crippen molar-refractivity contribution < 1.29 is 24.5 Å². The maximum atomic E-state index is 12.1. The highest BCUT2D eigenvalue weighted by Gasteiger charge is 2.15. The maximum absolute atomic E-state index is 12.1. The van der Waals surface area contributed by atoms with Crippen molar-refractivity contribution in [2.24, 2.45) is 0 Å². The fraction of sp³-hybridized carbons (Fsp3) is 0.571. The van der Waals surface area contributed by atoms with Gasteiger partial charge in [0.15, 0.2) is 17.3 Å². The Balaban J connectivity index is 0.00000103. The molecule has 0 saturated carbocycles. The molecule has 0 fully saturated rings. The molecular formula is C28H45N7O5. The first-order chi connectivity index (χ1) is 18.7. The number of amides is 1. The Morgan fingerprint density at radius 2 is 1.77 bits per heavy atom. The van der Waals surface area contributed by atoms with E-state index in [0.717, 1.165) is 37.3 Å². The number of nitrogens with one attached hydrogen (secondary N) is 1. The van der Waals surface area contributed by atoms with Gasteiger partial charge in [0.25, 0.3) is 0 Å². The van der Waals surface area contributed by atoms with E-state index in [1.54, 1.807) is 13.4 Å². The minimum absolute atomic E-state index is 0.0388. The summed E-state index contributed by atoms with van der Waals surface area (Å²) in [6, 6.07) is 7.84. The van der Waals surface area contributed by atoms with Gasteiger partial charge < -0.3 is 34.9 Å². The molecule has 3 aromatic rings. The molecule has 0 aliphatic rings. The van der Waals surface area contributed by atoms with Crippen molar-refractivity contribution in [2.45, 2.75) is 71.3 Å². The molecule has 222 valence electrons. The average Bonchev–Trinajstić information content (AvgIpc) is 3.27. The number of nitrogen functional groups attached to an aromatic ring is 1. The molecule has 0 aliphatic heterocycles. The number of benzene rings is 1. The molecule has 1 aromatic carbocycles. The van der Waals surface area contributed by atoms with Gasteiger partial charge in [-0.15, -0.1) is 0 Å². The highest BCUT2D eigenvalue weighted by molar-refractivity contribution is 5.84. The number of likely N-dealkylation sites (N-methyl/N-ethyl adjacent to an activating group) is 1. The molecule has 0 aliphatic carbocycles. The van der Waals surface area contributed by atoms with E-state index < -0.39 is 11.9 Å². The topological polar surface area (TPSA) is 161 Å². The molecule has 40 heavy (non-hydrogen) atoms. The molecule has 0 spiro atoms. The van der Waals surface area contributed by atoms with E-state index in [4.69, 9.17) is 25.4 Å². The highest BCUT2D eigenvalue weighted by Crippen LogP contribution is 2.23. The number of rotatable bonds is 11. The molecule has 12 heteroatoms. The predicted molar refractivity (Wildman–Crippen MR) is 156 cm³/mol. The van der Waals surface area contributed by atoms with Gasteiger partial charge in [-0.3, -0.25) is 5.32 Å². The number of nitrogens with two attached hydrogens (primary N) is 1. The number of ether oxygens (including phenoxy) is 2. The van der Waals surface area contributed by atoms with Crippen LogP contribution in [0.15, 0.2) is 36.9 Å². The van der Waals surface area contributed by atoms with Gasteiger partial charge in [-0.25, -0.2) is 19.7 Å². The number of carbonyl (C=O) groups is 1. The summed E-state index contributed by atoms with van der Waals surface area (Å²) in [4.78, 5) is 26.8. The van der Waals surface area contributed by atoms with Gasteiger partial charge >= 0.3 is 6.09 Å². The number of methoxy groups -OCH3 is 1. The number of anilines is 2. The molecule has 2 aromatic heterocycles. The summed E-state index contributed by atoms with van der Waals surface area (Å²) in [5.74, 6) is -1.12. The summed E-state index contributed by atoms with van der Waals surface area (Å²) in [6.45, 7) is 11.7. The van der Waals surface area contributed by atoms with Crippen molar-refractivity contribution in [3.05, 3.63) is 42.5 Å². The summed E-state index contributed by atoms with van der Waals surface area (Å²) in [6.07, 6.45) is 4.30. The van der Waals surface area contributed by atoms with Gasteiger partial charge in [0.1, 0.15) is 11.8 Å². The number of imidazole rings is 1. The second-order valence-electron chi connectivity index (χ2n) is 11.2. The van der Waals surface area contributed by atoms with E-state index in [9.17, 15) is 4.79 Å². The quantitative estimate of drug-likeness (QED) is 0.202. The Hall–Kier alpha value is -3.32. The Morgan fingerprint density at radius 1 is 1.12 bits per heavy atom. The first-order valence-electron chi connectivity index (χ1n) is 13.3. The SMILES string of the molecule is CC(C)(O)O.COC(CCn1cnc2c(N)ncnc21)CN(C)CCCOC(=O)Nc1ccc(C(C)(C)C)cc1. The van der Waals surface area contributed by atoms with Crippen molar-refractivity contribution in [3.63, 3.8) is 0 Å². The molecule has 0 bridgehead atoms. The van der Waals surface area contributed by atoms with Crippen LogP contribution in [-0.2, 0) is 21.4 Å². The molecule has 5 N–H and O–H groups in total. The van der Waals surface area contributed by atoms with E-state index in [2.05, 4.69) is 45.9 Å². The molecular weight excluding hydrogens is 514 g/mol. The lowest BCUT2D eigenvalue weighted by Gasteiger charge is -2.23. The summed E-state index contributed by atoms with van der Waals surface area (Å²) >= 11 is 0. The van der Waals surface area contributed by atoms with Crippen LogP contribution >= 0.6 is 0 Å². The summed E-state index contributed by atoms with van der Waals surface area (Å²) in [7, 11) is 3.75. The van der Waals surface area contributed by atoms with Crippen LogP contribution in [0.2, 0.25) is 0 Å². The van der Waals surface area contributed by atoms with Gasteiger partial charge in [-0.2, -0.15) is 0 Å². The normalized spacial score (nSPS) is 12.7. The molecule has 2 heterocycles. The standard InChI is InChI=1S/C25H37N7O3.C3H8O2/c1-25(2,3)18-7-9-19(10-8-18)30-24(33)35-14-6-12-31(4)15-20(34-5)11-13-32-17-29-21-22(26)27-16-28-23(21)32;1-3(2,4)5/h7-10,16-17,20H,6,11-15H2,1-5H3,(H,30,33)(H2,26,27,28);4-5H,1-2H3. The first kappa shape index (κ1) is 32.9. The minimum atomic E-state index is -1.50. The number of aryl methyl sites for hydroxylation is 1. The third-order valence-corrected chi connectivity index (χ3v) is 5.88. The Labute approximate surface area is 236 Å². The van der Waals surface area contributed by atoms with Crippen LogP contribution in [0.5, 0.6) is 0 Å². The fourth-order valence-electron chi connectivity index (χ4n) is 3.77. The molecule has 1 unspecified atom stereocenters. The lowest BCUT2D eigenvalue weighted by molar-refractivity contribution is -0.127. The van der Waals surface area contributed by atoms with Gasteiger partial charge in [-0.1, -0.05) is 32.9 Å². The van der Waals surface area contributed by atoms with Crippen molar-refractivity contribution >= 4 is 28.8 Å². The van der Waals surface area contributed by atoms with Gasteiger partial charge in [0.05, 0.1) is 19.0 Å². The summed E-state index contributed by atoms with van der Waals surface area (Å²) in [5, 5.41) is 18.9. The van der Waals surface area contributed by atoms with Crippen molar-refractivity contribution in [3.8, 4) is 0 Å². The Morgan fingerprint density at radius 3 is 2.38 bits per heavy atom. The smallest absolute Gasteiger partial charge is 0.411 e. The van der Waals surface area contributed by atoms with E-state index in [1.807, 2.05) is 35.9 Å². The first-order valence-corrected chi connectivity index (χ1v) is 13.3. The zero-order chi connectivity index (χ0) is 29.9. The molecule has 0 saturated heterocycles. The van der Waals surface area contributed by atoms with Gasteiger partial charge in [-0.05, 0) is 56.8 Å². The van der Waals surface area contributed by atoms with Crippen LogP contribution in [0.1, 0.15) is 53.0 Å². The second kappa shape index (κ2) is 14.9. The van der Waals surface area contributed by atoms with E-state index in [-0.39, 0.29) is 11.5 Å². The summed E-state index contributed by atoms with van der Waals surface area (Å²) < 4.78 is 13.0. The third kappa shape index (κ3) is 11.8. The zero-order valence-corrected chi connectivity index (χ0v) is 24.7. The number of hydrogen-bond acceptors (Lipinski definition) is 10. The number of aromatic nitrogens is 4. The predicted octanol–water partition coefficient (Wildman–Crippen LogP) is 3.39. The largest absolute Gasteiger partial charge is 0.449 e. The van der Waals surface area contributed by atoms with Gasteiger partial charge in [0, 0.05) is 32.4 Å². The van der Waals surface area contributed by atoms with Gasteiger partial charge in [0.2, 0.25) is 0 Å². The van der Waals surface area contributed by atoms with Crippen LogP contribution in [0.3, 0.4) is 0 Å². The molecule has 1 amide bonds. The van der Waals surface area contributed by atoms with E-state index in [0.29, 0.717) is 24.5 Å². The average molecular weight is 560 g/mol. The minimum Gasteiger partial charge on any atom is -0.449 e. The summed E-state index contributed by atoms with van der Waals surface area (Å²) in [5.41, 5.74) is 9.21. The van der Waals surface area contributed by atoms with Crippen molar-refractivity contribution in [2.75, 3.05) is 44.9 Å². The Kier molecular flexibility index (Phi) is 12.2. The number of fused-ring (bicyclic) bond motifs is 1. The fourth-order valence-corrected chi connectivity index (χ4v) is 3.77. The van der Waals surface area contributed by atoms with Crippen LogP contribution in [0.25, 0.3) is 11.2 Å². The molecule has 0 radical (unpaired) electrons. The van der Waals surface area contributed by atoms with Crippen LogP contribution < -0.4 is 11.1 Å². The molecule has 1 atom stereocenters. The van der Waals surface area contributed by atoms with Crippen LogP contribution in [0, 0.1) is 0 Å². The third-order valence-electron chi connectivity index (χ3n) is 5.88. The monoisotopic (exact) mass is 559 g/mol. The number of hydrogen-bond donors (Lipinski definition) is 4. The van der Waals surface area contributed by atoms with Crippen molar-refractivity contribution in [1.29, 1.82) is 0 Å². The lowest BCUT2D eigenvalue weighted by Crippen LogP contribution is -2.32. The maximum Gasteiger partial charge on any atom is 0.411 e. The zero-order valence-electron chi connectivity index (χ0n) is 24.7. The van der Waals surface area contributed by atoms with Crippen LogP contribution in [0.4, 0.5) is 16.3 Å². The van der Waals surface area contributed by atoms with E-state index >= 15 is 0 Å². The lowest BCUT2D eigenvalue weighted by atomic mass is 9.87.